The number of halogens is 1. The van der Waals surface area contributed by atoms with Crippen LogP contribution >= 0.6 is 24.0 Å². The van der Waals surface area contributed by atoms with Gasteiger partial charge in [-0.15, -0.1) is 24.0 Å². The molecule has 0 aliphatic carbocycles. The van der Waals surface area contributed by atoms with Gasteiger partial charge in [-0.05, 0) is 41.7 Å². The van der Waals surface area contributed by atoms with Gasteiger partial charge in [0.15, 0.2) is 5.96 Å². The number of aliphatic imine (C=N–C) groups is 1. The molecule has 24 heavy (non-hydrogen) atoms. The van der Waals surface area contributed by atoms with E-state index < -0.39 is 0 Å². The van der Waals surface area contributed by atoms with Crippen LogP contribution in [-0.4, -0.2) is 13.1 Å². The summed E-state index contributed by atoms with van der Waals surface area (Å²) in [5.41, 5.74) is 10.8. The van der Waals surface area contributed by atoms with Gasteiger partial charge in [0.25, 0.3) is 0 Å². The fraction of sp³-hybridized carbons (Fsp3) is 0.316. The zero-order valence-corrected chi connectivity index (χ0v) is 16.8. The van der Waals surface area contributed by atoms with E-state index in [1.165, 1.54) is 11.1 Å². The SMILES string of the molecule is CCc1cccc(CC)c1NC(N)=NCc1ccc(OC)cc1.I. The van der Waals surface area contributed by atoms with Gasteiger partial charge in [-0.25, -0.2) is 4.99 Å². The van der Waals surface area contributed by atoms with Crippen LogP contribution in [0.25, 0.3) is 0 Å². The predicted molar refractivity (Wildman–Crippen MR) is 113 cm³/mol. The fourth-order valence-corrected chi connectivity index (χ4v) is 2.48. The minimum atomic E-state index is 0. The van der Waals surface area contributed by atoms with Crippen molar-refractivity contribution in [1.29, 1.82) is 0 Å². The van der Waals surface area contributed by atoms with Crippen molar-refractivity contribution in [2.24, 2.45) is 10.7 Å². The van der Waals surface area contributed by atoms with Gasteiger partial charge in [0.05, 0.1) is 13.7 Å². The zero-order chi connectivity index (χ0) is 16.7. The van der Waals surface area contributed by atoms with Gasteiger partial charge in [-0.1, -0.05) is 44.2 Å². The van der Waals surface area contributed by atoms with Gasteiger partial charge < -0.3 is 15.8 Å². The Bertz CT molecular complexity index is 647. The van der Waals surface area contributed by atoms with E-state index in [-0.39, 0.29) is 24.0 Å². The zero-order valence-electron chi connectivity index (χ0n) is 14.5. The molecule has 2 aromatic rings. The Morgan fingerprint density at radius 2 is 1.62 bits per heavy atom. The smallest absolute Gasteiger partial charge is 0.193 e. The first-order valence-electron chi connectivity index (χ1n) is 7.98. The van der Waals surface area contributed by atoms with E-state index >= 15 is 0 Å². The van der Waals surface area contributed by atoms with Crippen LogP contribution in [0.2, 0.25) is 0 Å². The van der Waals surface area contributed by atoms with Gasteiger partial charge in [0.2, 0.25) is 0 Å². The minimum Gasteiger partial charge on any atom is -0.497 e. The summed E-state index contributed by atoms with van der Waals surface area (Å²) in [6.07, 6.45) is 1.92. The van der Waals surface area contributed by atoms with Crippen molar-refractivity contribution < 1.29 is 4.74 Å². The second kappa shape index (κ2) is 10.2. The van der Waals surface area contributed by atoms with E-state index in [4.69, 9.17) is 10.5 Å². The average Bonchev–Trinajstić information content (AvgIpc) is 2.60. The lowest BCUT2D eigenvalue weighted by Gasteiger charge is -2.14. The van der Waals surface area contributed by atoms with Crippen LogP contribution in [0.1, 0.15) is 30.5 Å². The maximum Gasteiger partial charge on any atom is 0.193 e. The molecule has 5 heteroatoms. The van der Waals surface area contributed by atoms with E-state index in [1.807, 2.05) is 24.3 Å². The third-order valence-electron chi connectivity index (χ3n) is 3.84. The molecule has 0 radical (unpaired) electrons. The second-order valence-electron chi connectivity index (χ2n) is 5.33. The van der Waals surface area contributed by atoms with Gasteiger partial charge in [0, 0.05) is 5.69 Å². The molecule has 4 nitrogen and oxygen atoms in total. The summed E-state index contributed by atoms with van der Waals surface area (Å²) in [7, 11) is 1.66. The number of para-hydroxylation sites is 1. The molecule has 0 aliphatic heterocycles. The Balaban J connectivity index is 0.00000288. The van der Waals surface area contributed by atoms with Gasteiger partial charge in [0.1, 0.15) is 5.75 Å². The number of aryl methyl sites for hydroxylation is 2. The molecule has 0 atom stereocenters. The lowest BCUT2D eigenvalue weighted by atomic mass is 10.0. The maximum atomic E-state index is 6.07. The third kappa shape index (κ3) is 5.40. The largest absolute Gasteiger partial charge is 0.497 e. The van der Waals surface area contributed by atoms with Crippen molar-refractivity contribution in [3.8, 4) is 5.75 Å². The van der Waals surface area contributed by atoms with Crippen LogP contribution in [0.5, 0.6) is 5.75 Å². The number of anilines is 1. The number of nitrogens with two attached hydrogens (primary N) is 1. The van der Waals surface area contributed by atoms with Crippen molar-refractivity contribution in [3.63, 3.8) is 0 Å². The molecule has 0 heterocycles. The molecule has 2 aromatic carbocycles. The van der Waals surface area contributed by atoms with E-state index in [0.717, 1.165) is 29.8 Å². The van der Waals surface area contributed by atoms with E-state index in [0.29, 0.717) is 12.5 Å². The van der Waals surface area contributed by atoms with Crippen LogP contribution in [0.3, 0.4) is 0 Å². The predicted octanol–water partition coefficient (Wildman–Crippen LogP) is 4.36. The first-order valence-corrected chi connectivity index (χ1v) is 7.98. The van der Waals surface area contributed by atoms with Crippen LogP contribution in [0, 0.1) is 0 Å². The molecule has 0 saturated heterocycles. The normalized spacial score (nSPS) is 10.9. The Labute approximate surface area is 161 Å². The summed E-state index contributed by atoms with van der Waals surface area (Å²) in [4.78, 5) is 4.44. The number of benzene rings is 2. The van der Waals surface area contributed by atoms with E-state index in [1.54, 1.807) is 7.11 Å². The first kappa shape index (κ1) is 20.3. The summed E-state index contributed by atoms with van der Waals surface area (Å²) in [5, 5.41) is 3.28. The molecule has 0 aromatic heterocycles. The molecule has 0 unspecified atom stereocenters. The highest BCUT2D eigenvalue weighted by atomic mass is 127. The molecule has 2 rings (SSSR count). The number of nitrogens with one attached hydrogen (secondary N) is 1. The summed E-state index contributed by atoms with van der Waals surface area (Å²) < 4.78 is 5.15. The molecule has 0 bridgehead atoms. The van der Waals surface area contributed by atoms with Crippen molar-refractivity contribution in [2.45, 2.75) is 33.2 Å². The monoisotopic (exact) mass is 439 g/mol. The number of guanidine groups is 1. The molecule has 0 fully saturated rings. The van der Waals surface area contributed by atoms with Crippen molar-refractivity contribution in [1.82, 2.24) is 0 Å². The topological polar surface area (TPSA) is 59.6 Å². The number of methoxy groups -OCH3 is 1. The standard InChI is InChI=1S/C19H25N3O.HI/c1-4-15-7-6-8-16(5-2)18(15)22-19(20)21-13-14-9-11-17(23-3)12-10-14;/h6-12H,4-5,13H2,1-3H3,(H3,20,21,22);1H. The van der Waals surface area contributed by atoms with Gasteiger partial charge in [-0.2, -0.15) is 0 Å². The Kier molecular flexibility index (Phi) is 8.60. The number of nitrogens with zero attached hydrogens (tertiary/aromatic N) is 1. The summed E-state index contributed by atoms with van der Waals surface area (Å²) in [6, 6.07) is 14.2. The molecular weight excluding hydrogens is 413 g/mol. The molecule has 130 valence electrons. The summed E-state index contributed by atoms with van der Waals surface area (Å²) in [6.45, 7) is 4.83. The average molecular weight is 439 g/mol. The number of hydrogen-bond donors (Lipinski definition) is 2. The van der Waals surface area contributed by atoms with Gasteiger partial charge in [-0.3, -0.25) is 0 Å². The lowest BCUT2D eigenvalue weighted by Crippen LogP contribution is -2.24. The molecule has 0 amide bonds. The lowest BCUT2D eigenvalue weighted by molar-refractivity contribution is 0.414. The Hall–Kier alpha value is -1.76. The number of hydrogen-bond acceptors (Lipinski definition) is 2. The highest BCUT2D eigenvalue weighted by molar-refractivity contribution is 14.0. The molecular formula is C19H26IN3O. The third-order valence-corrected chi connectivity index (χ3v) is 3.84. The van der Waals surface area contributed by atoms with Crippen molar-refractivity contribution in [2.75, 3.05) is 12.4 Å². The fourth-order valence-electron chi connectivity index (χ4n) is 2.48. The highest BCUT2D eigenvalue weighted by Crippen LogP contribution is 2.22. The van der Waals surface area contributed by atoms with Gasteiger partial charge >= 0.3 is 0 Å². The van der Waals surface area contributed by atoms with Crippen LogP contribution < -0.4 is 15.8 Å². The molecule has 0 spiro atoms. The van der Waals surface area contributed by atoms with Crippen LogP contribution in [0.4, 0.5) is 5.69 Å². The Morgan fingerprint density at radius 3 is 2.12 bits per heavy atom. The molecule has 0 saturated carbocycles. The van der Waals surface area contributed by atoms with Crippen molar-refractivity contribution in [3.05, 3.63) is 59.2 Å². The summed E-state index contributed by atoms with van der Waals surface area (Å²) in [5.74, 6) is 1.28. The second-order valence-corrected chi connectivity index (χ2v) is 5.33. The van der Waals surface area contributed by atoms with Crippen LogP contribution in [-0.2, 0) is 19.4 Å². The number of rotatable bonds is 6. The minimum absolute atomic E-state index is 0. The van der Waals surface area contributed by atoms with Crippen LogP contribution in [0.15, 0.2) is 47.5 Å². The number of ether oxygens (including phenoxy) is 1. The highest BCUT2D eigenvalue weighted by Gasteiger charge is 2.07. The first-order chi connectivity index (χ1) is 11.2. The maximum absolute atomic E-state index is 6.07. The molecule has 3 N–H and O–H groups in total. The molecule has 0 aliphatic rings. The van der Waals surface area contributed by atoms with E-state index in [2.05, 4.69) is 42.4 Å². The summed E-state index contributed by atoms with van der Waals surface area (Å²) >= 11 is 0. The van der Waals surface area contributed by atoms with Crippen molar-refractivity contribution >= 4 is 35.6 Å². The van der Waals surface area contributed by atoms with E-state index in [9.17, 15) is 0 Å². The Morgan fingerprint density at radius 1 is 1.04 bits per heavy atom. The quantitative estimate of drug-likeness (QED) is 0.400.